The van der Waals surface area contributed by atoms with E-state index in [1.807, 2.05) is 0 Å². The van der Waals surface area contributed by atoms with E-state index in [4.69, 9.17) is 4.74 Å². The van der Waals surface area contributed by atoms with Crippen LogP contribution in [0.15, 0.2) is 30.4 Å². The Kier molecular flexibility index (Phi) is 6.03. The van der Waals surface area contributed by atoms with Gasteiger partial charge in [-0.1, -0.05) is 64.6 Å². The molecule has 0 heterocycles. The normalized spacial score (nSPS) is 24.2. The van der Waals surface area contributed by atoms with Crippen molar-refractivity contribution in [2.24, 2.45) is 5.92 Å². The van der Waals surface area contributed by atoms with Crippen LogP contribution in [0.25, 0.3) is 11.8 Å². The molecule has 0 bridgehead atoms. The Morgan fingerprint density at radius 1 is 1.48 bits per heavy atom. The largest absolute Gasteiger partial charge is 0.493 e. The molecule has 0 aromatic heterocycles. The molecule has 1 fully saturated rings. The molecule has 0 amide bonds. The fourth-order valence-corrected chi connectivity index (χ4v) is 3.77. The van der Waals surface area contributed by atoms with Crippen LogP contribution >= 0.6 is 9.24 Å². The van der Waals surface area contributed by atoms with Gasteiger partial charge >= 0.3 is 0 Å². The zero-order chi connectivity index (χ0) is 17.0. The molecule has 1 unspecified atom stereocenters. The minimum Gasteiger partial charge on any atom is -0.493 e. The summed E-state index contributed by atoms with van der Waals surface area (Å²) in [4.78, 5) is 0. The van der Waals surface area contributed by atoms with Gasteiger partial charge in [-0.15, -0.1) is 0 Å². The van der Waals surface area contributed by atoms with E-state index in [1.54, 1.807) is 0 Å². The van der Waals surface area contributed by atoms with Crippen LogP contribution in [0.1, 0.15) is 56.2 Å². The molecule has 3 heteroatoms. The molecule has 1 nitrogen and oxygen atoms in total. The molecule has 1 saturated carbocycles. The van der Waals surface area contributed by atoms with Crippen LogP contribution in [0.5, 0.6) is 0 Å². The topological polar surface area (TPSA) is 9.23 Å². The van der Waals surface area contributed by atoms with E-state index in [1.165, 1.54) is 11.1 Å². The lowest BCUT2D eigenvalue weighted by atomic mass is 9.83. The number of rotatable bonds is 7. The van der Waals surface area contributed by atoms with E-state index in [2.05, 4.69) is 60.9 Å². The Bertz CT molecular complexity index is 596. The molecule has 0 N–H and O–H groups in total. The van der Waals surface area contributed by atoms with Crippen LogP contribution in [0.2, 0.25) is 0 Å². The third-order valence-electron chi connectivity index (χ3n) is 4.30. The number of aryl methyl sites for hydroxylation is 1. The van der Waals surface area contributed by atoms with Crippen LogP contribution in [-0.2, 0) is 4.74 Å². The fraction of sp³-hybridized carbons (Fsp3) is 0.500. The van der Waals surface area contributed by atoms with E-state index in [0.29, 0.717) is 31.1 Å². The van der Waals surface area contributed by atoms with Crippen molar-refractivity contribution >= 4 is 21.1 Å². The number of alkyl halides is 1. The third kappa shape index (κ3) is 5.18. The second-order valence-electron chi connectivity index (χ2n) is 6.87. The molecule has 0 saturated heterocycles. The van der Waals surface area contributed by atoms with Crippen molar-refractivity contribution in [1.29, 1.82) is 0 Å². The molecule has 1 atom stereocenters. The van der Waals surface area contributed by atoms with Crippen molar-refractivity contribution < 1.29 is 9.13 Å². The van der Waals surface area contributed by atoms with E-state index in [-0.39, 0.29) is 0 Å². The van der Waals surface area contributed by atoms with Gasteiger partial charge in [0.25, 0.3) is 0 Å². The Labute approximate surface area is 142 Å². The zero-order valence-corrected chi connectivity index (χ0v) is 15.6. The van der Waals surface area contributed by atoms with Crippen molar-refractivity contribution in [3.8, 4) is 0 Å². The van der Waals surface area contributed by atoms with Gasteiger partial charge in [-0.05, 0) is 44.6 Å². The van der Waals surface area contributed by atoms with Gasteiger partial charge in [0.15, 0.2) is 0 Å². The summed E-state index contributed by atoms with van der Waals surface area (Å²) in [7, 11) is 2.29. The van der Waals surface area contributed by atoms with Crippen LogP contribution in [0, 0.1) is 12.8 Å². The number of benzene rings is 1. The Morgan fingerprint density at radius 2 is 2.17 bits per heavy atom. The van der Waals surface area contributed by atoms with Gasteiger partial charge in [-0.25, -0.2) is 4.39 Å². The molecule has 0 aliphatic heterocycles. The minimum absolute atomic E-state index is 0.292. The number of halogens is 1. The third-order valence-corrected chi connectivity index (χ3v) is 4.77. The van der Waals surface area contributed by atoms with E-state index in [9.17, 15) is 4.39 Å². The van der Waals surface area contributed by atoms with Crippen LogP contribution in [0.3, 0.4) is 0 Å². The lowest BCUT2D eigenvalue weighted by molar-refractivity contribution is 0.0509. The monoisotopic (exact) mass is 334 g/mol. The summed E-state index contributed by atoms with van der Waals surface area (Å²) >= 11 is 0. The van der Waals surface area contributed by atoms with Crippen molar-refractivity contribution in [3.63, 3.8) is 0 Å². The highest BCUT2D eigenvalue weighted by atomic mass is 31.0. The Morgan fingerprint density at radius 3 is 2.78 bits per heavy atom. The van der Waals surface area contributed by atoms with Crippen molar-refractivity contribution in [2.75, 3.05) is 6.61 Å². The standard InChI is InChI=1S/C20H28FOP/c1-5-6-14(2)9-18-10-15(3)7-8-19(18)16(4)22-13-17-11-20(21,23)12-17/h7-10,17H,4-6,11-13,23H2,1-3H3/b14-9-. The number of hydrogen-bond acceptors (Lipinski definition) is 1. The van der Waals surface area contributed by atoms with Crippen molar-refractivity contribution in [3.05, 3.63) is 47.0 Å². The molecule has 1 aromatic carbocycles. The van der Waals surface area contributed by atoms with Gasteiger partial charge in [-0.3, -0.25) is 0 Å². The summed E-state index contributed by atoms with van der Waals surface area (Å²) in [6.07, 6.45) is 5.57. The SMILES string of the molecule is C=C(OCC1CC(F)(P)C1)c1ccc(C)cc1/C=C(/C)CCC. The second kappa shape index (κ2) is 7.62. The molecule has 2 rings (SSSR count). The predicted molar refractivity (Wildman–Crippen MR) is 101 cm³/mol. The summed E-state index contributed by atoms with van der Waals surface area (Å²) in [5, 5.41) is -1.08. The van der Waals surface area contributed by atoms with Gasteiger partial charge in [0, 0.05) is 5.56 Å². The predicted octanol–water partition coefficient (Wildman–Crippen LogP) is 6.14. The van der Waals surface area contributed by atoms with Gasteiger partial charge in [-0.2, -0.15) is 0 Å². The maximum atomic E-state index is 13.5. The van der Waals surface area contributed by atoms with E-state index in [0.717, 1.165) is 24.0 Å². The zero-order valence-electron chi connectivity index (χ0n) is 14.5. The summed E-state index contributed by atoms with van der Waals surface area (Å²) in [5.74, 6) is 0.973. The first-order chi connectivity index (χ1) is 10.8. The number of ether oxygens (including phenoxy) is 1. The van der Waals surface area contributed by atoms with Crippen LogP contribution in [-0.4, -0.2) is 12.0 Å². The number of allylic oxidation sites excluding steroid dienone is 1. The molecule has 23 heavy (non-hydrogen) atoms. The quantitative estimate of drug-likeness (QED) is 0.430. The Hall–Kier alpha value is -1.14. The summed E-state index contributed by atoms with van der Waals surface area (Å²) < 4.78 is 19.4. The highest BCUT2D eigenvalue weighted by Gasteiger charge is 2.41. The average Bonchev–Trinajstić information content (AvgIpc) is 2.42. The van der Waals surface area contributed by atoms with Crippen molar-refractivity contribution in [1.82, 2.24) is 0 Å². The molecular formula is C20H28FOP. The molecular weight excluding hydrogens is 306 g/mol. The average molecular weight is 334 g/mol. The van der Waals surface area contributed by atoms with E-state index >= 15 is 0 Å². The van der Waals surface area contributed by atoms with Crippen LogP contribution in [0.4, 0.5) is 4.39 Å². The van der Waals surface area contributed by atoms with Gasteiger partial charge in [0.1, 0.15) is 11.2 Å². The molecule has 1 aliphatic rings. The van der Waals surface area contributed by atoms with Gasteiger partial charge in [0.2, 0.25) is 0 Å². The molecule has 126 valence electrons. The maximum absolute atomic E-state index is 13.5. The lowest BCUT2D eigenvalue weighted by Crippen LogP contribution is -2.36. The number of hydrogen-bond donors (Lipinski definition) is 0. The smallest absolute Gasteiger partial charge is 0.124 e. The Balaban J connectivity index is 2.06. The summed E-state index contributed by atoms with van der Waals surface area (Å²) in [6, 6.07) is 6.31. The fourth-order valence-electron chi connectivity index (χ4n) is 3.10. The minimum atomic E-state index is -1.08. The first-order valence-corrected chi connectivity index (χ1v) is 8.96. The first kappa shape index (κ1) is 18.2. The second-order valence-corrected chi connectivity index (χ2v) is 7.91. The summed E-state index contributed by atoms with van der Waals surface area (Å²) in [6.45, 7) is 11.1. The molecule has 1 aromatic rings. The summed E-state index contributed by atoms with van der Waals surface area (Å²) in [5.41, 5.74) is 4.76. The molecule has 1 aliphatic carbocycles. The highest BCUT2D eigenvalue weighted by Crippen LogP contribution is 2.46. The lowest BCUT2D eigenvalue weighted by Gasteiger charge is -2.38. The highest BCUT2D eigenvalue weighted by molar-refractivity contribution is 7.18. The van der Waals surface area contributed by atoms with Crippen LogP contribution < -0.4 is 0 Å². The van der Waals surface area contributed by atoms with E-state index < -0.39 is 5.41 Å². The first-order valence-electron chi connectivity index (χ1n) is 8.38. The van der Waals surface area contributed by atoms with Gasteiger partial charge in [0.05, 0.1) is 6.61 Å². The maximum Gasteiger partial charge on any atom is 0.124 e. The van der Waals surface area contributed by atoms with Crippen molar-refractivity contribution in [2.45, 2.75) is 51.9 Å². The molecule has 0 radical (unpaired) electrons. The van der Waals surface area contributed by atoms with Gasteiger partial charge < -0.3 is 4.74 Å². The molecule has 0 spiro atoms.